The molecule has 1 aliphatic heterocycles. The van der Waals surface area contributed by atoms with E-state index in [1.165, 1.54) is 0 Å². The maximum Gasteiger partial charge on any atom is 0.205 e. The molecule has 0 radical (unpaired) electrons. The maximum atomic E-state index is 12.6. The van der Waals surface area contributed by atoms with Crippen molar-refractivity contribution >= 4 is 17.4 Å². The highest BCUT2D eigenvalue weighted by atomic mass is 35.5. The van der Waals surface area contributed by atoms with Crippen LogP contribution in [0.5, 0.6) is 0 Å². The molecular formula is C17H19ClN4O2. The predicted molar refractivity (Wildman–Crippen MR) is 88.8 cm³/mol. The molecule has 7 heteroatoms. The van der Waals surface area contributed by atoms with Crippen LogP contribution in [0.15, 0.2) is 22.8 Å². The van der Waals surface area contributed by atoms with Gasteiger partial charge in [0.1, 0.15) is 17.4 Å². The molecule has 0 aromatic carbocycles. The van der Waals surface area contributed by atoms with Gasteiger partial charge in [-0.25, -0.2) is 0 Å². The van der Waals surface area contributed by atoms with Gasteiger partial charge < -0.3 is 10.5 Å². The van der Waals surface area contributed by atoms with Crippen molar-refractivity contribution in [3.05, 3.63) is 39.2 Å². The molecule has 6 nitrogen and oxygen atoms in total. The van der Waals surface area contributed by atoms with Gasteiger partial charge in [0.05, 0.1) is 22.3 Å². The number of carbonyl (C=O) groups excluding carboxylic acids is 1. The van der Waals surface area contributed by atoms with Crippen molar-refractivity contribution in [1.82, 2.24) is 9.78 Å². The van der Waals surface area contributed by atoms with E-state index < -0.39 is 5.92 Å². The first kappa shape index (κ1) is 16.6. The smallest absolute Gasteiger partial charge is 0.205 e. The van der Waals surface area contributed by atoms with Crippen LogP contribution in [0.1, 0.15) is 49.9 Å². The number of rotatable bonds is 3. The summed E-state index contributed by atoms with van der Waals surface area (Å²) in [5.41, 5.74) is 8.03. The molecule has 1 aromatic rings. The second kappa shape index (κ2) is 6.33. The van der Waals surface area contributed by atoms with Gasteiger partial charge in [-0.1, -0.05) is 18.5 Å². The lowest BCUT2D eigenvalue weighted by Crippen LogP contribution is -2.29. The lowest BCUT2D eigenvalue weighted by Gasteiger charge is -2.31. The molecule has 0 fully saturated rings. The number of nitrogens with two attached hydrogens (primary N) is 1. The summed E-state index contributed by atoms with van der Waals surface area (Å²) in [5.74, 6) is -0.00842. The van der Waals surface area contributed by atoms with Gasteiger partial charge in [0.15, 0.2) is 5.78 Å². The van der Waals surface area contributed by atoms with E-state index >= 15 is 0 Å². The van der Waals surface area contributed by atoms with Gasteiger partial charge >= 0.3 is 0 Å². The highest BCUT2D eigenvalue weighted by Gasteiger charge is 2.41. The number of hydrogen-bond donors (Lipinski definition) is 1. The van der Waals surface area contributed by atoms with E-state index in [2.05, 4.69) is 11.2 Å². The van der Waals surface area contributed by atoms with Gasteiger partial charge in [0.25, 0.3) is 0 Å². The monoisotopic (exact) mass is 346 g/mol. The molecule has 0 bridgehead atoms. The van der Waals surface area contributed by atoms with Crippen LogP contribution in [0.3, 0.4) is 0 Å². The number of ether oxygens (including phenoxy) is 1. The van der Waals surface area contributed by atoms with Crippen LogP contribution < -0.4 is 5.73 Å². The Morgan fingerprint density at radius 2 is 2.25 bits per heavy atom. The Kier molecular flexibility index (Phi) is 4.37. The first-order valence-corrected chi connectivity index (χ1v) is 8.44. The summed E-state index contributed by atoms with van der Waals surface area (Å²) in [6.07, 6.45) is 2.65. The molecule has 0 amide bonds. The van der Waals surface area contributed by atoms with Crippen molar-refractivity contribution in [2.24, 2.45) is 5.73 Å². The van der Waals surface area contributed by atoms with Crippen molar-refractivity contribution in [2.75, 3.05) is 0 Å². The van der Waals surface area contributed by atoms with Crippen molar-refractivity contribution in [3.63, 3.8) is 0 Å². The summed E-state index contributed by atoms with van der Waals surface area (Å²) in [7, 11) is 0. The number of allylic oxidation sites excluding steroid dienone is 3. The molecular weight excluding hydrogens is 328 g/mol. The molecule has 24 heavy (non-hydrogen) atoms. The minimum Gasteiger partial charge on any atom is -0.444 e. The van der Waals surface area contributed by atoms with Crippen LogP contribution in [-0.2, 0) is 16.1 Å². The van der Waals surface area contributed by atoms with Crippen LogP contribution in [0.2, 0.25) is 5.02 Å². The highest BCUT2D eigenvalue weighted by molar-refractivity contribution is 6.32. The largest absolute Gasteiger partial charge is 0.444 e. The van der Waals surface area contributed by atoms with Crippen molar-refractivity contribution in [3.8, 4) is 6.07 Å². The van der Waals surface area contributed by atoms with Gasteiger partial charge in [-0.05, 0) is 19.8 Å². The average molecular weight is 347 g/mol. The molecule has 1 atom stereocenters. The quantitative estimate of drug-likeness (QED) is 0.907. The van der Waals surface area contributed by atoms with E-state index in [9.17, 15) is 10.1 Å². The first-order valence-electron chi connectivity index (χ1n) is 8.06. The van der Waals surface area contributed by atoms with Crippen LogP contribution in [0.4, 0.5) is 0 Å². The predicted octanol–water partition coefficient (Wildman–Crippen LogP) is 3.07. The fourth-order valence-corrected chi connectivity index (χ4v) is 3.61. The number of aryl methyl sites for hydroxylation is 2. The number of halogens is 1. The molecule has 2 heterocycles. The summed E-state index contributed by atoms with van der Waals surface area (Å²) >= 11 is 6.50. The number of nitriles is 1. The third kappa shape index (κ3) is 2.49. The van der Waals surface area contributed by atoms with E-state index in [1.54, 1.807) is 4.68 Å². The Morgan fingerprint density at radius 3 is 2.92 bits per heavy atom. The van der Waals surface area contributed by atoms with E-state index in [4.69, 9.17) is 22.1 Å². The fraction of sp³-hybridized carbons (Fsp3) is 0.471. The van der Waals surface area contributed by atoms with Crippen LogP contribution in [0.25, 0.3) is 0 Å². The normalized spacial score (nSPS) is 20.8. The lowest BCUT2D eigenvalue weighted by molar-refractivity contribution is -0.116. The second-order valence-electron chi connectivity index (χ2n) is 6.05. The van der Waals surface area contributed by atoms with Crippen molar-refractivity contribution in [1.29, 1.82) is 5.26 Å². The number of nitrogens with zero attached hydrogens (tertiary/aromatic N) is 3. The summed E-state index contributed by atoms with van der Waals surface area (Å²) in [4.78, 5) is 12.6. The van der Waals surface area contributed by atoms with Crippen LogP contribution in [0, 0.1) is 18.3 Å². The minimum atomic E-state index is -0.605. The average Bonchev–Trinajstić information content (AvgIpc) is 2.81. The molecule has 2 N–H and O–H groups in total. The maximum absolute atomic E-state index is 12.6. The third-order valence-electron chi connectivity index (χ3n) is 4.41. The molecule has 3 rings (SSSR count). The van der Waals surface area contributed by atoms with Gasteiger partial charge in [0, 0.05) is 25.0 Å². The number of hydrogen-bond acceptors (Lipinski definition) is 5. The van der Waals surface area contributed by atoms with Crippen molar-refractivity contribution < 1.29 is 9.53 Å². The summed E-state index contributed by atoms with van der Waals surface area (Å²) < 4.78 is 7.37. The Labute approximate surface area is 145 Å². The highest BCUT2D eigenvalue weighted by Crippen LogP contribution is 2.45. The zero-order valence-electron chi connectivity index (χ0n) is 13.7. The Hall–Kier alpha value is -2.26. The fourth-order valence-electron chi connectivity index (χ4n) is 3.37. The first-order chi connectivity index (χ1) is 11.5. The Bertz CT molecular complexity index is 813. The Balaban J connectivity index is 2.26. The number of Topliss-reactive ketones (excluding diaryl/α,β-unsaturated/α-hetero) is 1. The molecule has 0 saturated heterocycles. The van der Waals surface area contributed by atoms with E-state index in [0.29, 0.717) is 47.1 Å². The standard InChI is InChI=1S/C17H19ClN4O2/c1-3-7-22-16(15(18)9(2)21-22)13-10(8-19)17(20)24-12-6-4-5-11(23)14(12)13/h13H,3-7,20H2,1-2H3/t13-/m0/s1. The van der Waals surface area contributed by atoms with Crippen molar-refractivity contribution in [2.45, 2.75) is 52.0 Å². The molecule has 1 aromatic heterocycles. The number of ketones is 1. The number of aromatic nitrogens is 2. The summed E-state index contributed by atoms with van der Waals surface area (Å²) in [5, 5.41) is 14.6. The van der Waals surface area contributed by atoms with E-state index in [-0.39, 0.29) is 17.2 Å². The zero-order chi connectivity index (χ0) is 17.4. The topological polar surface area (TPSA) is 93.9 Å². The molecule has 0 saturated carbocycles. The summed E-state index contributed by atoms with van der Waals surface area (Å²) in [6, 6.07) is 2.11. The summed E-state index contributed by atoms with van der Waals surface area (Å²) in [6.45, 7) is 4.49. The second-order valence-corrected chi connectivity index (χ2v) is 6.42. The van der Waals surface area contributed by atoms with Gasteiger partial charge in [-0.3, -0.25) is 9.48 Å². The SMILES string of the molecule is CCCn1nc(C)c(Cl)c1[C@H]1C(C#N)=C(N)OC2=C1C(=O)CCC2. The van der Waals surface area contributed by atoms with Crippen LogP contribution in [-0.4, -0.2) is 15.6 Å². The zero-order valence-corrected chi connectivity index (χ0v) is 14.5. The Morgan fingerprint density at radius 1 is 1.50 bits per heavy atom. The molecule has 126 valence electrons. The minimum absolute atomic E-state index is 0.0144. The molecule has 0 spiro atoms. The number of carbonyl (C=O) groups is 1. The lowest BCUT2D eigenvalue weighted by atomic mass is 9.79. The van der Waals surface area contributed by atoms with Crippen LogP contribution >= 0.6 is 11.6 Å². The van der Waals surface area contributed by atoms with E-state index in [1.807, 2.05) is 13.8 Å². The molecule has 1 aliphatic carbocycles. The van der Waals surface area contributed by atoms with Gasteiger partial charge in [-0.15, -0.1) is 0 Å². The third-order valence-corrected chi connectivity index (χ3v) is 4.87. The molecule has 2 aliphatic rings. The van der Waals surface area contributed by atoms with Gasteiger partial charge in [-0.2, -0.15) is 10.4 Å². The van der Waals surface area contributed by atoms with Gasteiger partial charge in [0.2, 0.25) is 5.88 Å². The molecule has 0 unspecified atom stereocenters. The van der Waals surface area contributed by atoms with E-state index in [0.717, 1.165) is 12.8 Å².